The molecule has 1 unspecified atom stereocenters. The van der Waals surface area contributed by atoms with E-state index >= 15 is 0 Å². The molecule has 0 saturated carbocycles. The number of benzene rings is 3. The Labute approximate surface area is 218 Å². The maximum atomic E-state index is 13.7. The Morgan fingerprint density at radius 3 is 2.32 bits per heavy atom. The number of aliphatic hydroxyl groups excluding tert-OH is 1. The van der Waals surface area contributed by atoms with Crippen LogP contribution >= 0.6 is 23.2 Å². The molecule has 0 radical (unpaired) electrons. The van der Waals surface area contributed by atoms with E-state index < -0.39 is 34.2 Å². The lowest BCUT2D eigenvalue weighted by Crippen LogP contribution is -2.19. The number of methoxy groups -OCH3 is 1. The lowest BCUT2D eigenvalue weighted by Gasteiger charge is -2.19. The number of nitrogens with zero attached hydrogens (tertiary/aromatic N) is 1. The summed E-state index contributed by atoms with van der Waals surface area (Å²) in [6.45, 7) is 0. The van der Waals surface area contributed by atoms with Crippen LogP contribution in [0, 0.1) is 0 Å². The number of hydrogen-bond donors (Lipinski definition) is 1. The number of rotatable bonds is 6. The van der Waals surface area contributed by atoms with Crippen molar-refractivity contribution < 1.29 is 41.0 Å². The van der Waals surface area contributed by atoms with Gasteiger partial charge in [-0.3, -0.25) is 0 Å². The first-order valence-electron chi connectivity index (χ1n) is 10.3. The molecule has 1 aromatic heterocycles. The van der Waals surface area contributed by atoms with Gasteiger partial charge in [0.2, 0.25) is 0 Å². The Balaban J connectivity index is 2.02. The highest BCUT2D eigenvalue weighted by Crippen LogP contribution is 2.40. The summed E-state index contributed by atoms with van der Waals surface area (Å²) in [6, 6.07) is 14.0. The first-order chi connectivity index (χ1) is 17.3. The third-order valence-corrected chi connectivity index (χ3v) is 7.85. The number of fused-ring (bicyclic) bond motifs is 1. The molecule has 4 rings (SSSR count). The van der Waals surface area contributed by atoms with E-state index in [1.165, 1.54) is 48.5 Å². The quantitative estimate of drug-likeness (QED) is 0.286. The highest BCUT2D eigenvalue weighted by atomic mass is 35.5. The van der Waals surface area contributed by atoms with Gasteiger partial charge in [0.1, 0.15) is 11.9 Å². The monoisotopic (exact) mass is 573 g/mol. The summed E-state index contributed by atoms with van der Waals surface area (Å²) in [5.74, 6) is -1.51. The molecule has 1 heterocycles. The van der Waals surface area contributed by atoms with Crippen LogP contribution in [0.15, 0.2) is 71.6 Å². The molecule has 0 aliphatic rings. The van der Waals surface area contributed by atoms with Crippen LogP contribution in [0.5, 0.6) is 5.75 Å². The predicted octanol–water partition coefficient (Wildman–Crippen LogP) is 5.95. The van der Waals surface area contributed by atoms with Gasteiger partial charge in [-0.05, 0) is 42.5 Å². The van der Waals surface area contributed by atoms with Gasteiger partial charge in [0.15, 0.2) is 0 Å². The summed E-state index contributed by atoms with van der Waals surface area (Å²) in [7, 11) is -3.36. The summed E-state index contributed by atoms with van der Waals surface area (Å²) in [5.41, 5.74) is -0.854. The maximum absolute atomic E-state index is 13.7. The fourth-order valence-electron chi connectivity index (χ4n) is 3.77. The number of esters is 1. The van der Waals surface area contributed by atoms with Gasteiger partial charge in [0.25, 0.3) is 10.0 Å². The molecule has 13 heteroatoms. The number of aliphatic hydroxyl groups is 1. The van der Waals surface area contributed by atoms with Gasteiger partial charge in [-0.1, -0.05) is 41.4 Å². The van der Waals surface area contributed by atoms with Gasteiger partial charge in [-0.25, -0.2) is 17.2 Å². The van der Waals surface area contributed by atoms with Crippen LogP contribution in [-0.2, 0) is 14.8 Å². The molecule has 0 aliphatic carbocycles. The van der Waals surface area contributed by atoms with Crippen LogP contribution in [0.4, 0.5) is 13.2 Å². The maximum Gasteiger partial charge on any atom is 0.573 e. The molecule has 0 amide bonds. The van der Waals surface area contributed by atoms with Crippen LogP contribution in [0.3, 0.4) is 0 Å². The Kier molecular flexibility index (Phi) is 7.17. The largest absolute Gasteiger partial charge is 0.573 e. The normalized spacial score (nSPS) is 12.9. The zero-order valence-electron chi connectivity index (χ0n) is 18.7. The summed E-state index contributed by atoms with van der Waals surface area (Å²) in [6.07, 6.45) is -6.86. The second kappa shape index (κ2) is 9.90. The molecule has 0 spiro atoms. The summed E-state index contributed by atoms with van der Waals surface area (Å²) in [4.78, 5) is 11.9. The predicted molar refractivity (Wildman–Crippen MR) is 130 cm³/mol. The highest BCUT2D eigenvalue weighted by molar-refractivity contribution is 7.90. The molecule has 1 atom stereocenters. The van der Waals surface area contributed by atoms with Crippen molar-refractivity contribution in [2.75, 3.05) is 7.11 Å². The van der Waals surface area contributed by atoms with Crippen molar-refractivity contribution >= 4 is 50.1 Å². The van der Waals surface area contributed by atoms with Gasteiger partial charge < -0.3 is 14.6 Å². The van der Waals surface area contributed by atoms with Crippen molar-refractivity contribution in [3.05, 3.63) is 93.6 Å². The smallest absolute Gasteiger partial charge is 0.465 e. The number of aromatic nitrogens is 1. The molecular weight excluding hydrogens is 558 g/mol. The first kappa shape index (κ1) is 26.8. The van der Waals surface area contributed by atoms with Crippen LogP contribution in [0.1, 0.15) is 27.7 Å². The average Bonchev–Trinajstić information content (AvgIpc) is 3.23. The summed E-state index contributed by atoms with van der Waals surface area (Å²) >= 11 is 12.6. The van der Waals surface area contributed by atoms with Crippen molar-refractivity contribution in [2.45, 2.75) is 17.4 Å². The molecular formula is C24H16Cl2F3NO6S. The Hall–Kier alpha value is -3.25. The standard InChI is InChI=1S/C24H16Cl2F3NO6S/c1-35-23(32)16-9-10-17(25)20(21(16)26)22(31)19-11-13-7-8-14(36-24(27,28)29)12-18(13)30(19)37(33,34)15-5-3-2-4-6-15/h2-12,22,31H,1H3. The van der Waals surface area contributed by atoms with E-state index in [1.54, 1.807) is 6.07 Å². The van der Waals surface area contributed by atoms with Crippen LogP contribution < -0.4 is 4.74 Å². The lowest BCUT2D eigenvalue weighted by molar-refractivity contribution is -0.274. The van der Waals surface area contributed by atoms with Gasteiger partial charge in [0, 0.05) is 22.0 Å². The zero-order chi connectivity index (χ0) is 27.1. The molecule has 194 valence electrons. The summed E-state index contributed by atoms with van der Waals surface area (Å²) in [5, 5.41) is 11.1. The third-order valence-electron chi connectivity index (χ3n) is 5.36. The van der Waals surface area contributed by atoms with Gasteiger partial charge in [-0.2, -0.15) is 0 Å². The molecule has 0 fully saturated rings. The highest BCUT2D eigenvalue weighted by Gasteiger charge is 2.33. The second-order valence-corrected chi connectivity index (χ2v) is 10.2. The first-order valence-corrected chi connectivity index (χ1v) is 12.5. The third kappa shape index (κ3) is 5.12. The van der Waals surface area contributed by atoms with E-state index in [2.05, 4.69) is 9.47 Å². The fourth-order valence-corrected chi connectivity index (χ4v) is 5.98. The second-order valence-electron chi connectivity index (χ2n) is 7.64. The molecule has 4 aromatic rings. The molecule has 0 saturated heterocycles. The average molecular weight is 574 g/mol. The number of ether oxygens (including phenoxy) is 2. The van der Waals surface area contributed by atoms with Crippen LogP contribution in [0.25, 0.3) is 10.9 Å². The number of hydrogen-bond acceptors (Lipinski definition) is 6. The topological polar surface area (TPSA) is 94.8 Å². The van der Waals surface area contributed by atoms with Crippen molar-refractivity contribution in [1.82, 2.24) is 3.97 Å². The molecule has 3 aromatic carbocycles. The van der Waals surface area contributed by atoms with E-state index in [9.17, 15) is 31.5 Å². The Morgan fingerprint density at radius 2 is 1.70 bits per heavy atom. The Bertz CT molecular complexity index is 1600. The van der Waals surface area contributed by atoms with Gasteiger partial charge in [-0.15, -0.1) is 13.2 Å². The minimum absolute atomic E-state index is 0.0971. The van der Waals surface area contributed by atoms with Crippen LogP contribution in [0.2, 0.25) is 10.0 Å². The van der Waals surface area contributed by atoms with Crippen molar-refractivity contribution in [2.24, 2.45) is 0 Å². The fraction of sp³-hybridized carbons (Fsp3) is 0.125. The number of carbonyl (C=O) groups is 1. The van der Waals surface area contributed by atoms with Gasteiger partial charge >= 0.3 is 12.3 Å². The minimum atomic E-state index is -5.03. The van der Waals surface area contributed by atoms with E-state index in [0.29, 0.717) is 3.97 Å². The van der Waals surface area contributed by atoms with Gasteiger partial charge in [0.05, 0.1) is 33.8 Å². The molecule has 37 heavy (non-hydrogen) atoms. The number of halogens is 5. The summed E-state index contributed by atoms with van der Waals surface area (Å²) < 4.78 is 75.3. The van der Waals surface area contributed by atoms with E-state index in [0.717, 1.165) is 19.2 Å². The SMILES string of the molecule is COC(=O)c1ccc(Cl)c(C(O)c2cc3ccc(OC(F)(F)F)cc3n2S(=O)(=O)c2ccccc2)c1Cl. The van der Waals surface area contributed by atoms with Crippen molar-refractivity contribution in [3.8, 4) is 5.75 Å². The lowest BCUT2D eigenvalue weighted by atomic mass is 10.0. The zero-order valence-corrected chi connectivity index (χ0v) is 21.0. The van der Waals surface area contributed by atoms with E-state index in [-0.39, 0.29) is 42.7 Å². The molecule has 0 bridgehead atoms. The van der Waals surface area contributed by atoms with Crippen molar-refractivity contribution in [3.63, 3.8) is 0 Å². The number of alkyl halides is 3. The molecule has 0 aliphatic heterocycles. The molecule has 7 nitrogen and oxygen atoms in total. The van der Waals surface area contributed by atoms with Crippen LogP contribution in [-0.4, -0.2) is 36.9 Å². The Morgan fingerprint density at radius 1 is 1.03 bits per heavy atom. The van der Waals surface area contributed by atoms with Crippen molar-refractivity contribution in [1.29, 1.82) is 0 Å². The van der Waals surface area contributed by atoms with E-state index in [1.807, 2.05) is 0 Å². The van der Waals surface area contributed by atoms with E-state index in [4.69, 9.17) is 23.2 Å². The molecule has 1 N–H and O–H groups in total. The number of carbonyl (C=O) groups excluding carboxylic acids is 1. The minimum Gasteiger partial charge on any atom is -0.465 e.